The summed E-state index contributed by atoms with van der Waals surface area (Å²) in [5.41, 5.74) is -0.768. The third kappa shape index (κ3) is 6.39. The van der Waals surface area contributed by atoms with Crippen LogP contribution in [-0.2, 0) is 4.79 Å². The van der Waals surface area contributed by atoms with Crippen molar-refractivity contribution in [3.8, 4) is 5.75 Å². The van der Waals surface area contributed by atoms with E-state index in [0.29, 0.717) is 23.8 Å². The summed E-state index contributed by atoms with van der Waals surface area (Å²) in [6.45, 7) is -0.430. The summed E-state index contributed by atoms with van der Waals surface area (Å²) >= 11 is 0. The number of ether oxygens (including phenoxy) is 1. The van der Waals surface area contributed by atoms with E-state index < -0.39 is 41.7 Å². The molecule has 1 rings (SSSR count). The van der Waals surface area contributed by atoms with Crippen LogP contribution in [0.15, 0.2) is 18.2 Å². The average molecular weight is 352 g/mol. The number of amides is 1. The number of nitrogens with zero attached hydrogens (tertiary/aromatic N) is 2. The lowest BCUT2D eigenvalue weighted by Gasteiger charge is -2.23. The zero-order valence-corrected chi connectivity index (χ0v) is 12.8. The number of hydrogen-bond donors (Lipinski definition) is 0. The van der Waals surface area contributed by atoms with Gasteiger partial charge in [-0.25, -0.2) is 0 Å². The minimum atomic E-state index is -4.54. The Bertz CT molecular complexity index is 593. The molecule has 0 spiro atoms. The van der Waals surface area contributed by atoms with E-state index in [1.165, 1.54) is 0 Å². The fourth-order valence-electron chi connectivity index (χ4n) is 1.82. The Kier molecular flexibility index (Phi) is 6.93. The molecule has 0 aliphatic heterocycles. The maximum Gasteiger partial charge on any atom is 0.406 e. The van der Waals surface area contributed by atoms with Crippen LogP contribution in [0, 0.1) is 15.9 Å². The van der Waals surface area contributed by atoms with Gasteiger partial charge in [-0.2, -0.15) is 17.6 Å². The van der Waals surface area contributed by atoms with Crippen molar-refractivity contribution < 1.29 is 32.0 Å². The summed E-state index contributed by atoms with van der Waals surface area (Å²) < 4.78 is 55.8. The number of carbonyl (C=O) groups is 1. The Balaban J connectivity index is 2.70. The van der Waals surface area contributed by atoms with Gasteiger partial charge in [-0.05, 0) is 12.5 Å². The van der Waals surface area contributed by atoms with Gasteiger partial charge in [0.05, 0.1) is 4.92 Å². The zero-order chi connectivity index (χ0) is 18.3. The molecule has 134 valence electrons. The van der Waals surface area contributed by atoms with E-state index in [4.69, 9.17) is 4.74 Å². The number of unbranched alkanes of at least 4 members (excludes halogenated alkanes) is 1. The van der Waals surface area contributed by atoms with Gasteiger partial charge >= 0.3 is 11.9 Å². The lowest BCUT2D eigenvalue weighted by atomic mass is 10.3. The van der Waals surface area contributed by atoms with Crippen LogP contribution in [0.5, 0.6) is 5.75 Å². The van der Waals surface area contributed by atoms with Crippen molar-refractivity contribution in [2.75, 3.05) is 19.7 Å². The Morgan fingerprint density at radius 3 is 2.54 bits per heavy atom. The van der Waals surface area contributed by atoms with Crippen LogP contribution in [0.3, 0.4) is 0 Å². The number of carbonyl (C=O) groups excluding carboxylic acids is 1. The molecular weight excluding hydrogens is 336 g/mol. The van der Waals surface area contributed by atoms with Crippen LogP contribution in [0.4, 0.5) is 23.2 Å². The monoisotopic (exact) mass is 352 g/mol. The second-order valence-electron chi connectivity index (χ2n) is 4.94. The van der Waals surface area contributed by atoms with Gasteiger partial charge in [0.2, 0.25) is 5.82 Å². The van der Waals surface area contributed by atoms with Gasteiger partial charge in [0.15, 0.2) is 6.61 Å². The molecule has 0 heterocycles. The molecule has 0 atom stereocenters. The second-order valence-corrected chi connectivity index (χ2v) is 4.94. The van der Waals surface area contributed by atoms with Crippen molar-refractivity contribution in [3.05, 3.63) is 34.1 Å². The number of nitro groups is 1. The lowest BCUT2D eigenvalue weighted by molar-refractivity contribution is -0.387. The normalized spacial score (nSPS) is 11.2. The third-order valence-electron chi connectivity index (χ3n) is 2.98. The van der Waals surface area contributed by atoms with Gasteiger partial charge in [0.25, 0.3) is 5.91 Å². The van der Waals surface area contributed by atoms with E-state index in [1.807, 2.05) is 0 Å². The molecule has 0 saturated carbocycles. The second kappa shape index (κ2) is 8.46. The summed E-state index contributed by atoms with van der Waals surface area (Å²) in [4.78, 5) is 22.0. The number of halogens is 4. The van der Waals surface area contributed by atoms with Gasteiger partial charge in [0.1, 0.15) is 12.3 Å². The van der Waals surface area contributed by atoms with Crippen LogP contribution in [0.1, 0.15) is 19.8 Å². The van der Waals surface area contributed by atoms with Crippen molar-refractivity contribution >= 4 is 11.6 Å². The molecule has 6 nitrogen and oxygen atoms in total. The molecular formula is C14H16F4N2O4. The number of alkyl halides is 3. The van der Waals surface area contributed by atoms with Crippen molar-refractivity contribution in [2.45, 2.75) is 25.9 Å². The highest BCUT2D eigenvalue weighted by Crippen LogP contribution is 2.22. The maximum atomic E-state index is 13.4. The van der Waals surface area contributed by atoms with Crippen LogP contribution in [0.25, 0.3) is 0 Å². The molecule has 1 aromatic carbocycles. The summed E-state index contributed by atoms with van der Waals surface area (Å²) in [6.07, 6.45) is -3.53. The Hall–Kier alpha value is -2.39. The van der Waals surface area contributed by atoms with Crippen LogP contribution in [0.2, 0.25) is 0 Å². The van der Waals surface area contributed by atoms with Gasteiger partial charge in [-0.1, -0.05) is 13.3 Å². The number of rotatable bonds is 8. The minimum Gasteiger partial charge on any atom is -0.484 e. The molecule has 0 bridgehead atoms. The molecule has 0 aliphatic rings. The van der Waals surface area contributed by atoms with Gasteiger partial charge in [-0.15, -0.1) is 0 Å². The number of hydrogen-bond acceptors (Lipinski definition) is 4. The number of nitro benzene ring substituents is 1. The first-order chi connectivity index (χ1) is 11.1. The largest absolute Gasteiger partial charge is 0.484 e. The molecule has 0 aromatic heterocycles. The Morgan fingerprint density at radius 2 is 2.04 bits per heavy atom. The van der Waals surface area contributed by atoms with Crippen molar-refractivity contribution in [1.29, 1.82) is 0 Å². The van der Waals surface area contributed by atoms with E-state index in [0.717, 1.165) is 12.1 Å². The smallest absolute Gasteiger partial charge is 0.406 e. The standard InChI is InChI=1S/C14H16F4N2O4/c1-2-3-6-19(9-14(16,17)18)13(21)8-24-10-4-5-12(20(22)23)11(15)7-10/h4-5,7H,2-3,6,8-9H2,1H3. The fourth-order valence-corrected chi connectivity index (χ4v) is 1.82. The zero-order valence-electron chi connectivity index (χ0n) is 12.8. The predicted molar refractivity (Wildman–Crippen MR) is 76.1 cm³/mol. The quantitative estimate of drug-likeness (QED) is 0.409. The molecule has 1 aromatic rings. The third-order valence-corrected chi connectivity index (χ3v) is 2.98. The van der Waals surface area contributed by atoms with Crippen LogP contribution >= 0.6 is 0 Å². The van der Waals surface area contributed by atoms with E-state index in [2.05, 4.69) is 0 Å². The van der Waals surface area contributed by atoms with Gasteiger partial charge in [0, 0.05) is 18.7 Å². The fraction of sp³-hybridized carbons (Fsp3) is 0.500. The molecule has 0 N–H and O–H groups in total. The van der Waals surface area contributed by atoms with Crippen molar-refractivity contribution in [3.63, 3.8) is 0 Å². The van der Waals surface area contributed by atoms with Crippen molar-refractivity contribution in [1.82, 2.24) is 4.90 Å². The molecule has 0 fully saturated rings. The predicted octanol–water partition coefficient (Wildman–Crippen LogP) is 3.30. The maximum absolute atomic E-state index is 13.4. The molecule has 0 radical (unpaired) electrons. The average Bonchev–Trinajstić information content (AvgIpc) is 2.47. The van der Waals surface area contributed by atoms with Gasteiger partial charge < -0.3 is 9.64 Å². The van der Waals surface area contributed by atoms with Crippen molar-refractivity contribution in [2.24, 2.45) is 0 Å². The lowest BCUT2D eigenvalue weighted by Crippen LogP contribution is -2.42. The molecule has 0 unspecified atom stereocenters. The summed E-state index contributed by atoms with van der Waals surface area (Å²) in [5.74, 6) is -2.25. The topological polar surface area (TPSA) is 72.7 Å². The van der Waals surface area contributed by atoms with E-state index in [9.17, 15) is 32.5 Å². The van der Waals surface area contributed by atoms with Gasteiger partial charge in [-0.3, -0.25) is 14.9 Å². The molecule has 0 saturated heterocycles. The van der Waals surface area contributed by atoms with E-state index in [-0.39, 0.29) is 12.3 Å². The number of benzene rings is 1. The highest BCUT2D eigenvalue weighted by molar-refractivity contribution is 5.77. The highest BCUT2D eigenvalue weighted by atomic mass is 19.4. The van der Waals surface area contributed by atoms with Crippen LogP contribution in [-0.4, -0.2) is 41.6 Å². The summed E-state index contributed by atoms with van der Waals surface area (Å²) in [6, 6.07) is 2.61. The van der Waals surface area contributed by atoms with E-state index >= 15 is 0 Å². The first-order valence-electron chi connectivity index (χ1n) is 7.05. The van der Waals surface area contributed by atoms with Crippen LogP contribution < -0.4 is 4.74 Å². The molecule has 24 heavy (non-hydrogen) atoms. The first kappa shape index (κ1) is 19.7. The summed E-state index contributed by atoms with van der Waals surface area (Å²) in [7, 11) is 0. The summed E-state index contributed by atoms with van der Waals surface area (Å²) in [5, 5.41) is 10.5. The SMILES string of the molecule is CCCCN(CC(F)(F)F)C(=O)COc1ccc([N+](=O)[O-])c(F)c1. The van der Waals surface area contributed by atoms with E-state index in [1.54, 1.807) is 6.92 Å². The minimum absolute atomic E-state index is 0.0766. The Morgan fingerprint density at radius 1 is 1.38 bits per heavy atom. The molecule has 0 aliphatic carbocycles. The molecule has 1 amide bonds. The molecule has 10 heteroatoms. The Labute approximate surface area is 135 Å². The first-order valence-corrected chi connectivity index (χ1v) is 7.05. The highest BCUT2D eigenvalue weighted by Gasteiger charge is 2.32.